The summed E-state index contributed by atoms with van der Waals surface area (Å²) in [6, 6.07) is 7.30. The van der Waals surface area contributed by atoms with Crippen molar-refractivity contribution in [3.8, 4) is 5.69 Å². The van der Waals surface area contributed by atoms with Crippen molar-refractivity contribution in [2.75, 3.05) is 14.1 Å². The van der Waals surface area contributed by atoms with Crippen LogP contribution in [0.2, 0.25) is 0 Å². The summed E-state index contributed by atoms with van der Waals surface area (Å²) in [6.45, 7) is 0.493. The first-order valence-corrected chi connectivity index (χ1v) is 8.18. The van der Waals surface area contributed by atoms with Gasteiger partial charge in [0, 0.05) is 43.9 Å². The topological polar surface area (TPSA) is 67.2 Å². The van der Waals surface area contributed by atoms with E-state index in [0.717, 1.165) is 30.5 Å². The Hall–Kier alpha value is -2.63. The van der Waals surface area contributed by atoms with Gasteiger partial charge in [-0.3, -0.25) is 9.59 Å². The van der Waals surface area contributed by atoms with Crippen molar-refractivity contribution in [3.63, 3.8) is 0 Å². The van der Waals surface area contributed by atoms with Crippen molar-refractivity contribution in [2.45, 2.75) is 25.8 Å². The van der Waals surface area contributed by atoms with Crippen molar-refractivity contribution in [1.29, 1.82) is 0 Å². The monoisotopic (exact) mass is 326 g/mol. The lowest BCUT2D eigenvalue weighted by molar-refractivity contribution is -0.127. The van der Waals surface area contributed by atoms with Crippen molar-refractivity contribution >= 4 is 11.8 Å². The maximum atomic E-state index is 11.9. The molecule has 0 spiro atoms. The fourth-order valence-corrected chi connectivity index (χ4v) is 2.61. The zero-order chi connectivity index (χ0) is 17.1. The van der Waals surface area contributed by atoms with Gasteiger partial charge in [-0.25, -0.2) is 4.68 Å². The molecule has 3 rings (SSSR count). The molecule has 2 amide bonds. The Morgan fingerprint density at radius 2 is 1.96 bits per heavy atom. The molecular formula is C18H22N4O2. The fraction of sp³-hybridized carbons (Fsp3) is 0.389. The number of rotatable bonds is 5. The van der Waals surface area contributed by atoms with Crippen LogP contribution in [0.5, 0.6) is 0 Å². The van der Waals surface area contributed by atoms with Gasteiger partial charge >= 0.3 is 0 Å². The Morgan fingerprint density at radius 1 is 1.25 bits per heavy atom. The molecular weight excluding hydrogens is 304 g/mol. The first-order chi connectivity index (χ1) is 11.5. The lowest BCUT2D eigenvalue weighted by Gasteiger charge is -2.23. The number of aromatic nitrogens is 2. The highest BCUT2D eigenvalue weighted by Gasteiger charge is 2.24. The normalized spacial score (nSPS) is 14.1. The van der Waals surface area contributed by atoms with Crippen LogP contribution < -0.4 is 5.32 Å². The molecule has 0 unspecified atom stereocenters. The Bertz CT molecular complexity index is 730. The van der Waals surface area contributed by atoms with E-state index in [9.17, 15) is 9.59 Å². The van der Waals surface area contributed by atoms with Gasteiger partial charge in [0.15, 0.2) is 0 Å². The summed E-state index contributed by atoms with van der Waals surface area (Å²) >= 11 is 0. The molecule has 2 aromatic rings. The SMILES string of the molecule is CN(C)C(=O)c1ccc(-n2cc(CNC(=O)C3CCC3)cn2)cc1. The molecule has 0 radical (unpaired) electrons. The zero-order valence-corrected chi connectivity index (χ0v) is 14.0. The summed E-state index contributed by atoms with van der Waals surface area (Å²) in [4.78, 5) is 25.3. The molecule has 6 heteroatoms. The molecule has 1 aliphatic carbocycles. The number of nitrogens with one attached hydrogen (secondary N) is 1. The molecule has 1 aliphatic rings. The highest BCUT2D eigenvalue weighted by molar-refractivity contribution is 5.94. The molecule has 1 aromatic carbocycles. The van der Waals surface area contributed by atoms with Crippen LogP contribution in [-0.4, -0.2) is 40.6 Å². The van der Waals surface area contributed by atoms with Crippen molar-refractivity contribution in [2.24, 2.45) is 5.92 Å². The van der Waals surface area contributed by atoms with Gasteiger partial charge < -0.3 is 10.2 Å². The van der Waals surface area contributed by atoms with Crippen LogP contribution >= 0.6 is 0 Å². The van der Waals surface area contributed by atoms with Gasteiger partial charge in [0.2, 0.25) is 5.91 Å². The van der Waals surface area contributed by atoms with Gasteiger partial charge in [0.25, 0.3) is 5.91 Å². The van der Waals surface area contributed by atoms with Crippen LogP contribution in [-0.2, 0) is 11.3 Å². The van der Waals surface area contributed by atoms with Crippen molar-refractivity contribution in [1.82, 2.24) is 20.0 Å². The highest BCUT2D eigenvalue weighted by atomic mass is 16.2. The van der Waals surface area contributed by atoms with E-state index in [0.29, 0.717) is 12.1 Å². The number of hydrogen-bond acceptors (Lipinski definition) is 3. The van der Waals surface area contributed by atoms with E-state index >= 15 is 0 Å². The third-order valence-electron chi connectivity index (χ3n) is 4.36. The van der Waals surface area contributed by atoms with Crippen LogP contribution in [0.4, 0.5) is 0 Å². The van der Waals surface area contributed by atoms with Gasteiger partial charge in [-0.2, -0.15) is 5.10 Å². The van der Waals surface area contributed by atoms with Gasteiger partial charge in [0.05, 0.1) is 11.9 Å². The number of hydrogen-bond donors (Lipinski definition) is 1. The molecule has 0 bridgehead atoms. The van der Waals surface area contributed by atoms with E-state index in [-0.39, 0.29) is 17.7 Å². The quantitative estimate of drug-likeness (QED) is 0.914. The first-order valence-electron chi connectivity index (χ1n) is 8.18. The average Bonchev–Trinajstić information content (AvgIpc) is 2.99. The molecule has 0 saturated heterocycles. The van der Waals surface area contributed by atoms with Gasteiger partial charge in [-0.05, 0) is 37.1 Å². The van der Waals surface area contributed by atoms with E-state index in [2.05, 4.69) is 10.4 Å². The number of carbonyl (C=O) groups excluding carboxylic acids is 2. The molecule has 1 fully saturated rings. The lowest BCUT2D eigenvalue weighted by atomic mass is 9.85. The van der Waals surface area contributed by atoms with Gasteiger partial charge in [0.1, 0.15) is 0 Å². The average molecular weight is 326 g/mol. The standard InChI is InChI=1S/C18H22N4O2/c1-21(2)18(24)15-6-8-16(9-7-15)22-12-13(11-20-22)10-19-17(23)14-4-3-5-14/h6-9,11-12,14H,3-5,10H2,1-2H3,(H,19,23). The molecule has 0 aliphatic heterocycles. The molecule has 1 N–H and O–H groups in total. The zero-order valence-electron chi connectivity index (χ0n) is 14.0. The van der Waals surface area contributed by atoms with Crippen LogP contribution in [0.25, 0.3) is 5.69 Å². The van der Waals surface area contributed by atoms with Gasteiger partial charge in [-0.1, -0.05) is 6.42 Å². The second-order valence-corrected chi connectivity index (χ2v) is 6.39. The molecule has 1 saturated carbocycles. The molecule has 6 nitrogen and oxygen atoms in total. The van der Waals surface area contributed by atoms with E-state index in [4.69, 9.17) is 0 Å². The summed E-state index contributed by atoms with van der Waals surface area (Å²) in [5, 5.41) is 7.28. The summed E-state index contributed by atoms with van der Waals surface area (Å²) in [7, 11) is 3.46. The van der Waals surface area contributed by atoms with E-state index < -0.39 is 0 Å². The van der Waals surface area contributed by atoms with Crippen LogP contribution in [0.3, 0.4) is 0 Å². The maximum Gasteiger partial charge on any atom is 0.253 e. The van der Waals surface area contributed by atoms with E-state index in [1.54, 1.807) is 42.0 Å². The molecule has 0 atom stereocenters. The fourth-order valence-electron chi connectivity index (χ4n) is 2.61. The molecule has 1 aromatic heterocycles. The third kappa shape index (κ3) is 3.48. The Kier molecular flexibility index (Phi) is 4.64. The van der Waals surface area contributed by atoms with Gasteiger partial charge in [-0.15, -0.1) is 0 Å². The minimum Gasteiger partial charge on any atom is -0.352 e. The summed E-state index contributed by atoms with van der Waals surface area (Å²) in [5.74, 6) is 0.309. The van der Waals surface area contributed by atoms with Crippen molar-refractivity contribution < 1.29 is 9.59 Å². The summed E-state index contributed by atoms with van der Waals surface area (Å²) in [6.07, 6.45) is 6.80. The largest absolute Gasteiger partial charge is 0.352 e. The number of amides is 2. The first kappa shape index (κ1) is 16.2. The molecule has 126 valence electrons. The number of benzene rings is 1. The Balaban J connectivity index is 1.62. The second-order valence-electron chi connectivity index (χ2n) is 6.39. The second kappa shape index (κ2) is 6.86. The third-order valence-corrected chi connectivity index (χ3v) is 4.36. The Labute approximate surface area is 141 Å². The van der Waals surface area contributed by atoms with Crippen LogP contribution in [0.1, 0.15) is 35.2 Å². The predicted octanol–water partition coefficient (Wildman–Crippen LogP) is 1.99. The summed E-state index contributed by atoms with van der Waals surface area (Å²) in [5.41, 5.74) is 2.47. The lowest BCUT2D eigenvalue weighted by Crippen LogP contribution is -2.33. The molecule has 1 heterocycles. The predicted molar refractivity (Wildman–Crippen MR) is 90.8 cm³/mol. The van der Waals surface area contributed by atoms with Crippen LogP contribution in [0, 0.1) is 5.92 Å². The summed E-state index contributed by atoms with van der Waals surface area (Å²) < 4.78 is 1.74. The highest BCUT2D eigenvalue weighted by Crippen LogP contribution is 2.26. The van der Waals surface area contributed by atoms with E-state index in [1.807, 2.05) is 18.3 Å². The smallest absolute Gasteiger partial charge is 0.253 e. The minimum atomic E-state index is -0.0265. The van der Waals surface area contributed by atoms with E-state index in [1.165, 1.54) is 0 Å². The number of carbonyl (C=O) groups is 2. The van der Waals surface area contributed by atoms with Crippen molar-refractivity contribution in [3.05, 3.63) is 47.8 Å². The maximum absolute atomic E-state index is 11.9. The minimum absolute atomic E-state index is 0.0265. The Morgan fingerprint density at radius 3 is 2.54 bits per heavy atom. The van der Waals surface area contributed by atoms with Crippen LogP contribution in [0.15, 0.2) is 36.7 Å². The number of nitrogens with zero attached hydrogens (tertiary/aromatic N) is 3. The molecule has 24 heavy (non-hydrogen) atoms.